The van der Waals surface area contributed by atoms with Crippen LogP contribution in [0.15, 0.2) is 24.3 Å². The Morgan fingerprint density at radius 2 is 1.85 bits per heavy atom. The summed E-state index contributed by atoms with van der Waals surface area (Å²) in [7, 11) is 0. The molecule has 138 valence electrons. The summed E-state index contributed by atoms with van der Waals surface area (Å²) in [6.07, 6.45) is 0. The van der Waals surface area contributed by atoms with Gasteiger partial charge in [-0.2, -0.15) is 0 Å². The van der Waals surface area contributed by atoms with Crippen molar-refractivity contribution >= 4 is 23.3 Å². The lowest BCUT2D eigenvalue weighted by Gasteiger charge is -2.35. The summed E-state index contributed by atoms with van der Waals surface area (Å²) in [6.45, 7) is 8.61. The van der Waals surface area contributed by atoms with Gasteiger partial charge in [-0.25, -0.2) is 9.97 Å². The number of phenolic OH excluding ortho intramolecular Hbond substituents is 1. The summed E-state index contributed by atoms with van der Waals surface area (Å²) >= 11 is 5.95. The molecule has 1 aromatic heterocycles. The lowest BCUT2D eigenvalue weighted by atomic mass is 10.1. The van der Waals surface area contributed by atoms with Crippen molar-refractivity contribution in [1.29, 1.82) is 0 Å². The number of carbonyl (C=O) groups excluding carboxylic acids is 1. The van der Waals surface area contributed by atoms with Crippen molar-refractivity contribution in [1.82, 2.24) is 14.9 Å². The number of halogens is 1. The van der Waals surface area contributed by atoms with E-state index in [0.717, 1.165) is 17.3 Å². The Labute approximate surface area is 158 Å². The molecule has 1 aromatic carbocycles. The van der Waals surface area contributed by atoms with Crippen LogP contribution in [0.3, 0.4) is 0 Å². The predicted molar refractivity (Wildman–Crippen MR) is 102 cm³/mol. The van der Waals surface area contributed by atoms with E-state index in [1.54, 1.807) is 11.0 Å². The number of aromatic nitrogens is 2. The average Bonchev–Trinajstić information content (AvgIpc) is 2.62. The second-order valence-corrected chi connectivity index (χ2v) is 7.26. The van der Waals surface area contributed by atoms with Crippen LogP contribution in [-0.4, -0.2) is 52.1 Å². The van der Waals surface area contributed by atoms with E-state index in [9.17, 15) is 9.90 Å². The Morgan fingerprint density at radius 1 is 1.15 bits per heavy atom. The number of benzene rings is 1. The summed E-state index contributed by atoms with van der Waals surface area (Å²) in [5.74, 6) is 1.75. The molecule has 2 aromatic rings. The molecule has 6 nitrogen and oxygen atoms in total. The molecule has 1 saturated heterocycles. The average molecular weight is 375 g/mol. The first-order valence-electron chi connectivity index (χ1n) is 8.73. The highest BCUT2D eigenvalue weighted by Gasteiger charge is 2.25. The number of rotatable bonds is 3. The Bertz CT molecular complexity index is 817. The van der Waals surface area contributed by atoms with Gasteiger partial charge in [-0.3, -0.25) is 4.79 Å². The molecule has 1 aliphatic rings. The molecule has 2 heterocycles. The second kappa shape index (κ2) is 7.50. The molecule has 0 radical (unpaired) electrons. The molecule has 1 aliphatic heterocycles. The highest BCUT2D eigenvalue weighted by Crippen LogP contribution is 2.24. The largest absolute Gasteiger partial charge is 0.507 e. The van der Waals surface area contributed by atoms with Gasteiger partial charge in [0.1, 0.15) is 17.4 Å². The van der Waals surface area contributed by atoms with Gasteiger partial charge in [0.05, 0.1) is 5.56 Å². The number of anilines is 1. The van der Waals surface area contributed by atoms with Crippen LogP contribution < -0.4 is 4.90 Å². The number of amides is 1. The summed E-state index contributed by atoms with van der Waals surface area (Å²) in [5, 5.41) is 10.4. The maximum atomic E-state index is 12.7. The molecule has 7 heteroatoms. The van der Waals surface area contributed by atoms with Crippen LogP contribution in [0, 0.1) is 6.92 Å². The summed E-state index contributed by atoms with van der Waals surface area (Å²) < 4.78 is 0. The monoisotopic (exact) mass is 374 g/mol. The second-order valence-electron chi connectivity index (χ2n) is 6.82. The molecule has 0 atom stereocenters. The number of nitrogens with zero attached hydrogens (tertiary/aromatic N) is 4. The maximum absolute atomic E-state index is 12.7. The van der Waals surface area contributed by atoms with Crippen molar-refractivity contribution in [2.75, 3.05) is 31.1 Å². The molecule has 26 heavy (non-hydrogen) atoms. The fourth-order valence-electron chi connectivity index (χ4n) is 2.98. The molecule has 1 amide bonds. The molecule has 1 fully saturated rings. The number of carbonyl (C=O) groups is 1. The van der Waals surface area contributed by atoms with Gasteiger partial charge < -0.3 is 14.9 Å². The number of aromatic hydroxyl groups is 1. The number of hydrogen-bond donors (Lipinski definition) is 1. The smallest absolute Gasteiger partial charge is 0.257 e. The van der Waals surface area contributed by atoms with Gasteiger partial charge in [-0.15, -0.1) is 0 Å². The first-order valence-corrected chi connectivity index (χ1v) is 9.11. The van der Waals surface area contributed by atoms with Crippen LogP contribution in [0.2, 0.25) is 5.02 Å². The number of hydrogen-bond acceptors (Lipinski definition) is 5. The first-order chi connectivity index (χ1) is 12.3. The zero-order valence-corrected chi connectivity index (χ0v) is 16.0. The van der Waals surface area contributed by atoms with E-state index in [2.05, 4.69) is 28.7 Å². The van der Waals surface area contributed by atoms with E-state index in [4.69, 9.17) is 11.6 Å². The van der Waals surface area contributed by atoms with Gasteiger partial charge in [0.2, 0.25) is 0 Å². The van der Waals surface area contributed by atoms with E-state index in [1.807, 2.05) is 13.0 Å². The number of aryl methyl sites for hydroxylation is 1. The highest BCUT2D eigenvalue weighted by molar-refractivity contribution is 6.31. The minimum Gasteiger partial charge on any atom is -0.507 e. The lowest BCUT2D eigenvalue weighted by molar-refractivity contribution is 0.0743. The van der Waals surface area contributed by atoms with Gasteiger partial charge in [0, 0.05) is 48.9 Å². The standard InChI is InChI=1S/C19H23ClN4O2/c1-12(2)18-21-13(3)10-17(22-18)23-6-8-24(9-7-23)19(26)15-11-14(20)4-5-16(15)25/h4-5,10-12,25H,6-9H2,1-3H3. The SMILES string of the molecule is Cc1cc(N2CCN(C(=O)c3cc(Cl)ccc3O)CC2)nc(C(C)C)n1. The number of piperazine rings is 1. The van der Waals surface area contributed by atoms with Crippen LogP contribution >= 0.6 is 11.6 Å². The van der Waals surface area contributed by atoms with Crippen molar-refractivity contribution in [3.8, 4) is 5.75 Å². The third kappa shape index (κ3) is 3.90. The maximum Gasteiger partial charge on any atom is 0.257 e. The van der Waals surface area contributed by atoms with Crippen LogP contribution in [0.4, 0.5) is 5.82 Å². The number of phenols is 1. The quantitative estimate of drug-likeness (QED) is 0.893. The molecule has 0 spiro atoms. The fourth-order valence-corrected chi connectivity index (χ4v) is 3.16. The van der Waals surface area contributed by atoms with E-state index in [1.165, 1.54) is 12.1 Å². The Balaban J connectivity index is 1.71. The third-order valence-electron chi connectivity index (χ3n) is 4.45. The predicted octanol–water partition coefficient (Wildman–Crippen LogP) is 3.23. The van der Waals surface area contributed by atoms with E-state index in [-0.39, 0.29) is 23.1 Å². The van der Waals surface area contributed by atoms with E-state index in [0.29, 0.717) is 31.2 Å². The lowest BCUT2D eigenvalue weighted by Crippen LogP contribution is -2.49. The highest BCUT2D eigenvalue weighted by atomic mass is 35.5. The molecule has 0 unspecified atom stereocenters. The minimum absolute atomic E-state index is 0.0465. The Morgan fingerprint density at radius 3 is 2.50 bits per heavy atom. The van der Waals surface area contributed by atoms with Crippen molar-refractivity contribution in [2.24, 2.45) is 0 Å². The molecule has 0 aliphatic carbocycles. The van der Waals surface area contributed by atoms with Gasteiger partial charge in [0.25, 0.3) is 5.91 Å². The van der Waals surface area contributed by atoms with E-state index < -0.39 is 0 Å². The third-order valence-corrected chi connectivity index (χ3v) is 4.69. The molecule has 1 N–H and O–H groups in total. The molecule has 0 saturated carbocycles. The summed E-state index contributed by atoms with van der Waals surface area (Å²) in [4.78, 5) is 25.7. The summed E-state index contributed by atoms with van der Waals surface area (Å²) in [6, 6.07) is 6.50. The van der Waals surface area contributed by atoms with Crippen LogP contribution in [0.25, 0.3) is 0 Å². The molecular weight excluding hydrogens is 352 g/mol. The Hall–Kier alpha value is -2.34. The van der Waals surface area contributed by atoms with Crippen molar-refractivity contribution < 1.29 is 9.90 Å². The molecular formula is C19H23ClN4O2. The zero-order chi connectivity index (χ0) is 18.8. The van der Waals surface area contributed by atoms with Crippen molar-refractivity contribution in [2.45, 2.75) is 26.7 Å². The zero-order valence-electron chi connectivity index (χ0n) is 15.2. The van der Waals surface area contributed by atoms with E-state index >= 15 is 0 Å². The van der Waals surface area contributed by atoms with Gasteiger partial charge in [-0.05, 0) is 25.1 Å². The van der Waals surface area contributed by atoms with Crippen LogP contribution in [-0.2, 0) is 0 Å². The van der Waals surface area contributed by atoms with Gasteiger partial charge in [-0.1, -0.05) is 25.4 Å². The van der Waals surface area contributed by atoms with Crippen LogP contribution in [0.5, 0.6) is 5.75 Å². The van der Waals surface area contributed by atoms with Crippen molar-refractivity contribution in [3.05, 3.63) is 46.4 Å². The van der Waals surface area contributed by atoms with Gasteiger partial charge in [0.15, 0.2) is 0 Å². The van der Waals surface area contributed by atoms with Gasteiger partial charge >= 0.3 is 0 Å². The fraction of sp³-hybridized carbons (Fsp3) is 0.421. The first kappa shape index (κ1) is 18.5. The van der Waals surface area contributed by atoms with Crippen LogP contribution in [0.1, 0.15) is 41.6 Å². The van der Waals surface area contributed by atoms with Crippen molar-refractivity contribution in [3.63, 3.8) is 0 Å². The molecule has 0 bridgehead atoms. The topological polar surface area (TPSA) is 69.6 Å². The molecule has 3 rings (SSSR count). The summed E-state index contributed by atoms with van der Waals surface area (Å²) in [5.41, 5.74) is 1.19. The minimum atomic E-state index is -0.202. The Kier molecular flexibility index (Phi) is 5.32. The normalized spacial score (nSPS) is 14.8.